The van der Waals surface area contributed by atoms with Gasteiger partial charge in [0, 0.05) is 11.8 Å². The van der Waals surface area contributed by atoms with Crippen molar-refractivity contribution in [2.75, 3.05) is 5.73 Å². The summed E-state index contributed by atoms with van der Waals surface area (Å²) in [5.41, 5.74) is 8.36. The van der Waals surface area contributed by atoms with Crippen LogP contribution in [0.15, 0.2) is 28.4 Å². The third kappa shape index (κ3) is 2.03. The third-order valence-electron chi connectivity index (χ3n) is 3.95. The summed E-state index contributed by atoms with van der Waals surface area (Å²) >= 11 is 1.54. The normalized spacial score (nSPS) is 13.7. The van der Waals surface area contributed by atoms with Crippen LogP contribution in [0, 0.1) is 0 Å². The SMILES string of the molecule is Nc1nc(Cn2c3c(ccc2=O)CCC3)nc2sccc12. The Bertz CT molecular complexity index is 896. The number of fused-ring (bicyclic) bond motifs is 2. The van der Waals surface area contributed by atoms with Crippen molar-refractivity contribution >= 4 is 27.4 Å². The molecule has 0 aromatic carbocycles. The monoisotopic (exact) mass is 298 g/mol. The lowest BCUT2D eigenvalue weighted by Crippen LogP contribution is -2.24. The molecule has 0 spiro atoms. The van der Waals surface area contributed by atoms with Gasteiger partial charge in [-0.2, -0.15) is 0 Å². The lowest BCUT2D eigenvalue weighted by atomic mass is 10.2. The Morgan fingerprint density at radius 3 is 3.05 bits per heavy atom. The van der Waals surface area contributed by atoms with Gasteiger partial charge in [0.15, 0.2) is 5.82 Å². The number of rotatable bonds is 2. The summed E-state index contributed by atoms with van der Waals surface area (Å²) in [6.07, 6.45) is 3.09. The first-order chi connectivity index (χ1) is 10.2. The average molecular weight is 298 g/mol. The molecule has 0 fully saturated rings. The van der Waals surface area contributed by atoms with Crippen molar-refractivity contribution in [3.63, 3.8) is 0 Å². The van der Waals surface area contributed by atoms with Crippen LogP contribution >= 0.6 is 11.3 Å². The van der Waals surface area contributed by atoms with E-state index in [9.17, 15) is 4.79 Å². The number of hydrogen-bond donors (Lipinski definition) is 1. The molecule has 0 saturated carbocycles. The molecule has 0 atom stereocenters. The van der Waals surface area contributed by atoms with Crippen LogP contribution in [-0.2, 0) is 19.4 Å². The zero-order valence-electron chi connectivity index (χ0n) is 11.4. The Labute approximate surface area is 125 Å². The molecule has 0 unspecified atom stereocenters. The molecule has 2 N–H and O–H groups in total. The zero-order chi connectivity index (χ0) is 14.4. The van der Waals surface area contributed by atoms with Gasteiger partial charge >= 0.3 is 0 Å². The molecule has 0 saturated heterocycles. The molecule has 3 heterocycles. The molecule has 6 heteroatoms. The molecule has 106 valence electrons. The Hall–Kier alpha value is -2.21. The molecule has 21 heavy (non-hydrogen) atoms. The quantitative estimate of drug-likeness (QED) is 0.785. The van der Waals surface area contributed by atoms with E-state index in [0.29, 0.717) is 18.2 Å². The van der Waals surface area contributed by atoms with E-state index < -0.39 is 0 Å². The largest absolute Gasteiger partial charge is 0.383 e. The van der Waals surface area contributed by atoms with Gasteiger partial charge in [-0.1, -0.05) is 6.07 Å². The summed E-state index contributed by atoms with van der Waals surface area (Å²) in [5.74, 6) is 1.08. The van der Waals surface area contributed by atoms with E-state index in [4.69, 9.17) is 5.73 Å². The van der Waals surface area contributed by atoms with E-state index in [2.05, 4.69) is 9.97 Å². The van der Waals surface area contributed by atoms with Gasteiger partial charge in [-0.05, 0) is 36.3 Å². The molecule has 0 amide bonds. The molecule has 1 aliphatic rings. The van der Waals surface area contributed by atoms with Crippen LogP contribution in [0.25, 0.3) is 10.2 Å². The molecule has 0 aliphatic heterocycles. The fraction of sp³-hybridized carbons (Fsp3) is 0.267. The summed E-state index contributed by atoms with van der Waals surface area (Å²) in [5, 5.41) is 2.83. The molecule has 0 radical (unpaired) electrons. The predicted octanol–water partition coefficient (Wildman–Crippen LogP) is 1.97. The van der Waals surface area contributed by atoms with Gasteiger partial charge in [0.1, 0.15) is 10.6 Å². The van der Waals surface area contributed by atoms with E-state index >= 15 is 0 Å². The first kappa shape index (κ1) is 12.5. The number of nitrogen functional groups attached to an aromatic ring is 1. The topological polar surface area (TPSA) is 73.8 Å². The number of hydrogen-bond acceptors (Lipinski definition) is 5. The van der Waals surface area contributed by atoms with Crippen molar-refractivity contribution < 1.29 is 0 Å². The third-order valence-corrected chi connectivity index (χ3v) is 4.76. The van der Waals surface area contributed by atoms with Crippen molar-refractivity contribution in [1.82, 2.24) is 14.5 Å². The molecular weight excluding hydrogens is 284 g/mol. The highest BCUT2D eigenvalue weighted by Crippen LogP contribution is 2.24. The van der Waals surface area contributed by atoms with Crippen molar-refractivity contribution in [3.8, 4) is 0 Å². The van der Waals surface area contributed by atoms with Gasteiger partial charge in [-0.3, -0.25) is 4.79 Å². The van der Waals surface area contributed by atoms with E-state index in [1.165, 1.54) is 16.9 Å². The van der Waals surface area contributed by atoms with Gasteiger partial charge in [0.05, 0.1) is 11.9 Å². The van der Waals surface area contributed by atoms with Crippen LogP contribution in [0.3, 0.4) is 0 Å². The minimum atomic E-state index is 0.00379. The fourth-order valence-corrected chi connectivity index (χ4v) is 3.73. The molecule has 0 bridgehead atoms. The molecule has 5 nitrogen and oxygen atoms in total. The van der Waals surface area contributed by atoms with Crippen molar-refractivity contribution in [3.05, 3.63) is 51.0 Å². The number of aromatic nitrogens is 3. The molecule has 3 aromatic rings. The summed E-state index contributed by atoms with van der Waals surface area (Å²) in [7, 11) is 0. The second-order valence-corrected chi connectivity index (χ2v) is 6.14. The predicted molar refractivity (Wildman–Crippen MR) is 83.7 cm³/mol. The van der Waals surface area contributed by atoms with Crippen LogP contribution in [0.1, 0.15) is 23.5 Å². The number of aryl methyl sites for hydroxylation is 1. The second kappa shape index (κ2) is 4.66. The minimum Gasteiger partial charge on any atom is -0.383 e. The summed E-state index contributed by atoms with van der Waals surface area (Å²) in [4.78, 5) is 21.9. The number of nitrogens with two attached hydrogens (primary N) is 1. The van der Waals surface area contributed by atoms with Gasteiger partial charge < -0.3 is 10.3 Å². The average Bonchev–Trinajstić information content (AvgIpc) is 3.10. The van der Waals surface area contributed by atoms with Gasteiger partial charge in [0.25, 0.3) is 5.56 Å². The summed E-state index contributed by atoms with van der Waals surface area (Å²) in [6.45, 7) is 0.389. The fourth-order valence-electron chi connectivity index (χ4n) is 2.94. The summed E-state index contributed by atoms with van der Waals surface area (Å²) in [6, 6.07) is 5.50. The van der Waals surface area contributed by atoms with Crippen LogP contribution < -0.4 is 11.3 Å². The number of thiophene rings is 1. The van der Waals surface area contributed by atoms with Gasteiger partial charge in [-0.15, -0.1) is 11.3 Å². The molecule has 1 aliphatic carbocycles. The number of anilines is 1. The lowest BCUT2D eigenvalue weighted by Gasteiger charge is -2.11. The van der Waals surface area contributed by atoms with Crippen LogP contribution in [0.2, 0.25) is 0 Å². The van der Waals surface area contributed by atoms with Crippen molar-refractivity contribution in [2.45, 2.75) is 25.8 Å². The van der Waals surface area contributed by atoms with Crippen LogP contribution in [0.5, 0.6) is 0 Å². The maximum atomic E-state index is 12.2. The number of pyridine rings is 1. The van der Waals surface area contributed by atoms with Crippen molar-refractivity contribution in [1.29, 1.82) is 0 Å². The Kier molecular flexibility index (Phi) is 2.78. The second-order valence-electron chi connectivity index (χ2n) is 5.25. The smallest absolute Gasteiger partial charge is 0.251 e. The number of nitrogens with zero attached hydrogens (tertiary/aromatic N) is 3. The van der Waals surface area contributed by atoms with Crippen molar-refractivity contribution in [2.24, 2.45) is 0 Å². The maximum absolute atomic E-state index is 12.2. The van der Waals surface area contributed by atoms with Crippen LogP contribution in [0.4, 0.5) is 5.82 Å². The van der Waals surface area contributed by atoms with E-state index in [0.717, 1.165) is 35.2 Å². The van der Waals surface area contributed by atoms with E-state index in [-0.39, 0.29) is 5.56 Å². The first-order valence-corrected chi connectivity index (χ1v) is 7.81. The Morgan fingerprint density at radius 1 is 1.24 bits per heavy atom. The molecule has 4 rings (SSSR count). The standard InChI is InChI=1S/C15H14N4OS/c16-14-10-6-7-21-15(10)18-12(17-14)8-19-11-3-1-2-9(11)4-5-13(19)20/h4-7H,1-3,8H2,(H2,16,17,18). The van der Waals surface area contributed by atoms with E-state index in [1.807, 2.05) is 17.5 Å². The Morgan fingerprint density at radius 2 is 2.14 bits per heavy atom. The highest BCUT2D eigenvalue weighted by molar-refractivity contribution is 7.16. The van der Waals surface area contributed by atoms with E-state index in [1.54, 1.807) is 10.6 Å². The molecular formula is C15H14N4OS. The van der Waals surface area contributed by atoms with Gasteiger partial charge in [-0.25, -0.2) is 9.97 Å². The molecule has 3 aromatic heterocycles. The lowest BCUT2D eigenvalue weighted by molar-refractivity contribution is 0.679. The Balaban J connectivity index is 1.82. The van der Waals surface area contributed by atoms with Crippen LogP contribution in [-0.4, -0.2) is 14.5 Å². The highest BCUT2D eigenvalue weighted by atomic mass is 32.1. The maximum Gasteiger partial charge on any atom is 0.251 e. The highest BCUT2D eigenvalue weighted by Gasteiger charge is 2.17. The first-order valence-electron chi connectivity index (χ1n) is 6.93. The minimum absolute atomic E-state index is 0.00379. The van der Waals surface area contributed by atoms with Gasteiger partial charge in [0.2, 0.25) is 0 Å². The summed E-state index contributed by atoms with van der Waals surface area (Å²) < 4.78 is 1.79. The zero-order valence-corrected chi connectivity index (χ0v) is 12.2.